The Bertz CT molecular complexity index is 241. The zero-order chi connectivity index (χ0) is 12.3. The van der Waals surface area contributed by atoms with Gasteiger partial charge in [-0.1, -0.05) is 34.3 Å². The Hall–Kier alpha value is -1.25. The lowest BCUT2D eigenvalue weighted by molar-refractivity contribution is 0.631. The van der Waals surface area contributed by atoms with Crippen LogP contribution in [-0.4, -0.2) is 9.55 Å². The van der Waals surface area contributed by atoms with Crippen LogP contribution in [0, 0.1) is 0 Å². The highest BCUT2D eigenvalue weighted by atomic mass is 15.1. The normalized spacial score (nSPS) is 10.0. The summed E-state index contributed by atoms with van der Waals surface area (Å²) in [7, 11) is 1.98. The Morgan fingerprint density at radius 2 is 1.93 bits per heavy atom. The molecule has 0 aliphatic heterocycles. The molecule has 1 aromatic rings. The molecule has 1 aromatic heterocycles. The van der Waals surface area contributed by atoms with E-state index in [2.05, 4.69) is 23.8 Å². The molecule has 0 radical (unpaired) electrons. The topological polar surface area (TPSA) is 29.9 Å². The summed E-state index contributed by atoms with van der Waals surface area (Å²) in [5.41, 5.74) is 1.16. The predicted molar refractivity (Wildman–Crippen MR) is 67.7 cm³/mol. The smallest absolute Gasteiger partial charge is 0.0946 e. The summed E-state index contributed by atoms with van der Waals surface area (Å²) in [5, 5.41) is 3.09. The number of nitrogens with zero attached hydrogens (tertiary/aromatic N) is 2. The molecular weight excluding hydrogens is 186 g/mol. The van der Waals surface area contributed by atoms with E-state index >= 15 is 0 Å². The number of imidazole rings is 1. The molecule has 1 N–H and O–H groups in total. The molecule has 0 aliphatic carbocycles. The Labute approximate surface area is 94.2 Å². The summed E-state index contributed by atoms with van der Waals surface area (Å²) >= 11 is 0. The van der Waals surface area contributed by atoms with Crippen LogP contribution in [0.2, 0.25) is 0 Å². The molecule has 0 spiro atoms. The van der Waals surface area contributed by atoms with Gasteiger partial charge < -0.3 is 9.88 Å². The second-order valence-electron chi connectivity index (χ2n) is 2.52. The monoisotopic (exact) mass is 211 g/mol. The van der Waals surface area contributed by atoms with Gasteiger partial charge >= 0.3 is 0 Å². The van der Waals surface area contributed by atoms with E-state index in [0.29, 0.717) is 0 Å². The zero-order valence-electron chi connectivity index (χ0n) is 10.9. The van der Waals surface area contributed by atoms with Gasteiger partial charge in [0.15, 0.2) is 0 Å². The lowest BCUT2D eigenvalue weighted by atomic mass is 10.2. The molecule has 0 aliphatic rings. The minimum absolute atomic E-state index is 0.278. The van der Waals surface area contributed by atoms with Crippen LogP contribution in [0.4, 0.5) is 0 Å². The van der Waals surface area contributed by atoms with Gasteiger partial charge in [-0.25, -0.2) is 4.98 Å². The highest BCUT2D eigenvalue weighted by molar-refractivity contribution is 5.04. The van der Waals surface area contributed by atoms with E-state index in [0.717, 1.165) is 5.69 Å². The molecule has 0 saturated carbocycles. The van der Waals surface area contributed by atoms with Crippen LogP contribution >= 0.6 is 0 Å². The molecule has 1 unspecified atom stereocenters. The summed E-state index contributed by atoms with van der Waals surface area (Å²) in [6.45, 7) is 13.7. The predicted octanol–water partition coefficient (Wildman–Crippen LogP) is 3.27. The maximum atomic E-state index is 4.01. The van der Waals surface area contributed by atoms with Gasteiger partial charge in [-0.15, -0.1) is 0 Å². The zero-order valence-corrected chi connectivity index (χ0v) is 10.9. The number of rotatable bonds is 3. The first-order valence-electron chi connectivity index (χ1n) is 5.59. The summed E-state index contributed by atoms with van der Waals surface area (Å²) < 4.78 is 1.99. The number of aromatic nitrogens is 2. The average molecular weight is 211 g/mol. The SMILES string of the molecule is C=CNC(C)c1cncn1C.CC.CC. The van der Waals surface area contributed by atoms with Crippen molar-refractivity contribution in [2.45, 2.75) is 40.7 Å². The summed E-state index contributed by atoms with van der Waals surface area (Å²) in [6, 6.07) is 0.278. The molecule has 1 rings (SSSR count). The Morgan fingerprint density at radius 1 is 1.40 bits per heavy atom. The summed E-state index contributed by atoms with van der Waals surface area (Å²) in [4.78, 5) is 4.01. The quantitative estimate of drug-likeness (QED) is 0.831. The molecule has 0 fully saturated rings. The van der Waals surface area contributed by atoms with E-state index in [4.69, 9.17) is 0 Å². The molecule has 0 bridgehead atoms. The van der Waals surface area contributed by atoms with E-state index in [1.807, 2.05) is 45.5 Å². The van der Waals surface area contributed by atoms with Crippen molar-refractivity contribution in [2.24, 2.45) is 7.05 Å². The van der Waals surface area contributed by atoms with E-state index in [9.17, 15) is 0 Å². The average Bonchev–Trinajstić information content (AvgIpc) is 2.71. The standard InChI is InChI=1S/C8H13N3.2C2H6/c1-4-10-7(2)8-5-9-6-11(8)3;2*1-2/h4-7,10H,1H2,2-3H3;2*1-2H3. The largest absolute Gasteiger partial charge is 0.383 e. The van der Waals surface area contributed by atoms with Gasteiger partial charge in [-0.3, -0.25) is 0 Å². The molecule has 15 heavy (non-hydrogen) atoms. The van der Waals surface area contributed by atoms with Crippen molar-refractivity contribution in [3.05, 3.63) is 31.0 Å². The molecule has 3 heteroatoms. The first-order valence-corrected chi connectivity index (χ1v) is 5.59. The van der Waals surface area contributed by atoms with E-state index in [1.54, 1.807) is 12.5 Å². The third-order valence-corrected chi connectivity index (χ3v) is 1.67. The second-order valence-corrected chi connectivity index (χ2v) is 2.52. The van der Waals surface area contributed by atoms with Crippen molar-refractivity contribution in [1.82, 2.24) is 14.9 Å². The second kappa shape index (κ2) is 10.8. The summed E-state index contributed by atoms with van der Waals surface area (Å²) in [5.74, 6) is 0. The van der Waals surface area contributed by atoms with Gasteiger partial charge in [0.25, 0.3) is 0 Å². The highest BCUT2D eigenvalue weighted by Gasteiger charge is 2.05. The molecule has 88 valence electrons. The first-order chi connectivity index (χ1) is 7.25. The van der Waals surface area contributed by atoms with Crippen LogP contribution in [-0.2, 0) is 7.05 Å². The van der Waals surface area contributed by atoms with Crippen LogP contribution in [0.5, 0.6) is 0 Å². The van der Waals surface area contributed by atoms with Gasteiger partial charge in [0, 0.05) is 7.05 Å². The number of aryl methyl sites for hydroxylation is 1. The van der Waals surface area contributed by atoms with Crippen molar-refractivity contribution < 1.29 is 0 Å². The number of hydrogen-bond acceptors (Lipinski definition) is 2. The Morgan fingerprint density at radius 3 is 2.27 bits per heavy atom. The first kappa shape index (κ1) is 16.2. The van der Waals surface area contributed by atoms with E-state index < -0.39 is 0 Å². The van der Waals surface area contributed by atoms with Gasteiger partial charge in [-0.05, 0) is 13.1 Å². The molecule has 3 nitrogen and oxygen atoms in total. The maximum Gasteiger partial charge on any atom is 0.0946 e. The van der Waals surface area contributed by atoms with E-state index in [-0.39, 0.29) is 6.04 Å². The van der Waals surface area contributed by atoms with Crippen LogP contribution in [0.1, 0.15) is 46.4 Å². The van der Waals surface area contributed by atoms with E-state index in [1.165, 1.54) is 0 Å². The van der Waals surface area contributed by atoms with Crippen LogP contribution < -0.4 is 5.32 Å². The highest BCUT2D eigenvalue weighted by Crippen LogP contribution is 2.08. The lowest BCUT2D eigenvalue weighted by Gasteiger charge is -2.11. The number of nitrogens with one attached hydrogen (secondary N) is 1. The van der Waals surface area contributed by atoms with Gasteiger partial charge in [-0.2, -0.15) is 0 Å². The third-order valence-electron chi connectivity index (χ3n) is 1.67. The Balaban J connectivity index is 0. The van der Waals surface area contributed by atoms with Gasteiger partial charge in [0.2, 0.25) is 0 Å². The fourth-order valence-electron chi connectivity index (χ4n) is 1.05. The van der Waals surface area contributed by atoms with Crippen LogP contribution in [0.25, 0.3) is 0 Å². The molecule has 1 heterocycles. The molecule has 0 amide bonds. The molecule has 1 atom stereocenters. The fraction of sp³-hybridized carbons (Fsp3) is 0.583. The molecule has 0 aromatic carbocycles. The maximum absolute atomic E-state index is 4.01. The molecule has 0 saturated heterocycles. The minimum atomic E-state index is 0.278. The molecular formula is C12H25N3. The Kier molecular flexibility index (Phi) is 11.7. The van der Waals surface area contributed by atoms with Crippen molar-refractivity contribution >= 4 is 0 Å². The third kappa shape index (κ3) is 5.94. The number of hydrogen-bond donors (Lipinski definition) is 1. The fourth-order valence-corrected chi connectivity index (χ4v) is 1.05. The van der Waals surface area contributed by atoms with Crippen molar-refractivity contribution in [3.63, 3.8) is 0 Å². The van der Waals surface area contributed by atoms with Crippen molar-refractivity contribution in [3.8, 4) is 0 Å². The van der Waals surface area contributed by atoms with Crippen LogP contribution in [0.15, 0.2) is 25.3 Å². The van der Waals surface area contributed by atoms with Crippen LogP contribution in [0.3, 0.4) is 0 Å². The minimum Gasteiger partial charge on any atom is -0.383 e. The van der Waals surface area contributed by atoms with Crippen molar-refractivity contribution in [2.75, 3.05) is 0 Å². The summed E-state index contributed by atoms with van der Waals surface area (Å²) in [6.07, 6.45) is 5.33. The lowest BCUT2D eigenvalue weighted by Crippen LogP contribution is -2.13. The van der Waals surface area contributed by atoms with Gasteiger partial charge in [0.1, 0.15) is 0 Å². The van der Waals surface area contributed by atoms with Gasteiger partial charge in [0.05, 0.1) is 24.3 Å². The van der Waals surface area contributed by atoms with Crippen molar-refractivity contribution in [1.29, 1.82) is 0 Å².